The zero-order valence-electron chi connectivity index (χ0n) is 18.4. The van der Waals surface area contributed by atoms with Crippen LogP contribution < -0.4 is 20.1 Å². The number of methoxy groups -OCH3 is 2. The van der Waals surface area contributed by atoms with Crippen molar-refractivity contribution in [3.05, 3.63) is 65.4 Å². The second-order valence-corrected chi connectivity index (χ2v) is 7.92. The Morgan fingerprint density at radius 1 is 1.10 bits per heavy atom. The number of para-hydroxylation sites is 1. The molecule has 2 rings (SSSR count). The molecule has 1 atom stereocenters. The molecule has 0 saturated heterocycles. The Morgan fingerprint density at radius 2 is 1.77 bits per heavy atom. The van der Waals surface area contributed by atoms with Crippen LogP contribution in [0.4, 0.5) is 5.69 Å². The van der Waals surface area contributed by atoms with Gasteiger partial charge in [0.05, 0.1) is 20.3 Å². The van der Waals surface area contributed by atoms with E-state index in [-0.39, 0.29) is 17.0 Å². The molecule has 0 heterocycles. The van der Waals surface area contributed by atoms with Gasteiger partial charge in [-0.2, -0.15) is 5.26 Å². The topological polar surface area (TPSA) is 83.4 Å². The first-order valence-electron chi connectivity index (χ1n) is 9.70. The van der Waals surface area contributed by atoms with Crippen molar-refractivity contribution in [1.82, 2.24) is 5.32 Å². The molecule has 0 radical (unpaired) electrons. The van der Waals surface area contributed by atoms with Crippen molar-refractivity contribution < 1.29 is 14.3 Å². The van der Waals surface area contributed by atoms with Crippen LogP contribution >= 0.6 is 0 Å². The third-order valence-electron chi connectivity index (χ3n) is 4.73. The van der Waals surface area contributed by atoms with Crippen LogP contribution in [-0.2, 0) is 10.2 Å². The van der Waals surface area contributed by atoms with Crippen molar-refractivity contribution in [2.45, 2.75) is 39.2 Å². The van der Waals surface area contributed by atoms with Crippen molar-refractivity contribution in [2.24, 2.45) is 0 Å². The molecular formula is C24H29N3O3. The molecule has 0 aromatic heterocycles. The van der Waals surface area contributed by atoms with E-state index in [2.05, 4.69) is 31.4 Å². The van der Waals surface area contributed by atoms with Gasteiger partial charge in [0.15, 0.2) is 11.5 Å². The second-order valence-electron chi connectivity index (χ2n) is 7.92. The molecule has 0 saturated carbocycles. The molecule has 0 spiro atoms. The normalized spacial score (nSPS) is 12.5. The average molecular weight is 408 g/mol. The van der Waals surface area contributed by atoms with Crippen molar-refractivity contribution in [3.8, 4) is 17.6 Å². The lowest BCUT2D eigenvalue weighted by Gasteiger charge is -2.22. The molecule has 0 fully saturated rings. The third kappa shape index (κ3) is 5.54. The number of nitrogens with zero attached hydrogens (tertiary/aromatic N) is 1. The van der Waals surface area contributed by atoms with E-state index >= 15 is 0 Å². The number of carbonyl (C=O) groups is 1. The molecule has 2 aromatic rings. The van der Waals surface area contributed by atoms with Gasteiger partial charge in [0.1, 0.15) is 11.6 Å². The molecule has 2 N–H and O–H groups in total. The van der Waals surface area contributed by atoms with Crippen LogP contribution in [0, 0.1) is 11.3 Å². The molecule has 0 aliphatic heterocycles. The highest BCUT2D eigenvalue weighted by molar-refractivity contribution is 5.97. The molecular weight excluding hydrogens is 378 g/mol. The minimum absolute atomic E-state index is 0.00830. The Kier molecular flexibility index (Phi) is 7.48. The summed E-state index contributed by atoms with van der Waals surface area (Å²) in [6, 6.07) is 14.9. The molecule has 158 valence electrons. The summed E-state index contributed by atoms with van der Waals surface area (Å²) in [5.41, 5.74) is 2.71. The molecule has 0 bridgehead atoms. The Bertz CT molecular complexity index is 968. The predicted octanol–water partition coefficient (Wildman–Crippen LogP) is 4.70. The van der Waals surface area contributed by atoms with Gasteiger partial charge in [-0.3, -0.25) is 4.79 Å². The van der Waals surface area contributed by atoms with E-state index in [0.29, 0.717) is 11.5 Å². The van der Waals surface area contributed by atoms with Crippen LogP contribution in [0.5, 0.6) is 11.5 Å². The number of carbonyl (C=O) groups excluding carboxylic acids is 1. The highest BCUT2D eigenvalue weighted by atomic mass is 16.5. The van der Waals surface area contributed by atoms with Crippen LogP contribution in [0.1, 0.15) is 44.9 Å². The number of benzene rings is 2. The van der Waals surface area contributed by atoms with Crippen molar-refractivity contribution in [3.63, 3.8) is 0 Å². The van der Waals surface area contributed by atoms with Crippen LogP contribution in [-0.4, -0.2) is 20.1 Å². The second kappa shape index (κ2) is 9.84. The van der Waals surface area contributed by atoms with Crippen LogP contribution in [0.3, 0.4) is 0 Å². The van der Waals surface area contributed by atoms with E-state index in [1.807, 2.05) is 43.3 Å². The van der Waals surface area contributed by atoms with Gasteiger partial charge < -0.3 is 20.1 Å². The summed E-state index contributed by atoms with van der Waals surface area (Å²) in [6.07, 6.45) is 1.45. The quantitative estimate of drug-likeness (QED) is 0.513. The van der Waals surface area contributed by atoms with Crippen LogP contribution in [0.15, 0.2) is 54.2 Å². The van der Waals surface area contributed by atoms with Gasteiger partial charge in [0.2, 0.25) is 0 Å². The Balaban J connectivity index is 2.17. The summed E-state index contributed by atoms with van der Waals surface area (Å²) >= 11 is 0. The summed E-state index contributed by atoms with van der Waals surface area (Å²) in [6.45, 7) is 8.18. The number of nitriles is 1. The first kappa shape index (κ1) is 22.8. The summed E-state index contributed by atoms with van der Waals surface area (Å²) in [5, 5.41) is 15.4. The standard InChI is InChI=1S/C24H29N3O3/c1-16(17-11-12-21(29-5)22(13-17)30-6)27-23(28)18(14-25)15-26-20-10-8-7-9-19(20)24(2,3)4/h7-13,15-16,26H,1-6H3,(H,27,28)/b18-15-. The highest BCUT2D eigenvalue weighted by Crippen LogP contribution is 2.30. The van der Waals surface area contributed by atoms with Gasteiger partial charge in [-0.05, 0) is 41.7 Å². The zero-order valence-corrected chi connectivity index (χ0v) is 18.4. The number of hydrogen-bond acceptors (Lipinski definition) is 5. The largest absolute Gasteiger partial charge is 0.493 e. The van der Waals surface area contributed by atoms with Crippen molar-refractivity contribution >= 4 is 11.6 Å². The molecule has 1 unspecified atom stereocenters. The van der Waals surface area contributed by atoms with E-state index < -0.39 is 5.91 Å². The fourth-order valence-corrected chi connectivity index (χ4v) is 3.04. The van der Waals surface area contributed by atoms with Gasteiger partial charge in [0, 0.05) is 11.9 Å². The van der Waals surface area contributed by atoms with Crippen LogP contribution in [0.2, 0.25) is 0 Å². The number of rotatable bonds is 7. The zero-order chi connectivity index (χ0) is 22.3. The number of ether oxygens (including phenoxy) is 2. The maximum Gasteiger partial charge on any atom is 0.263 e. The Hall–Kier alpha value is -3.46. The van der Waals surface area contributed by atoms with Gasteiger partial charge in [-0.1, -0.05) is 45.0 Å². The van der Waals surface area contributed by atoms with Gasteiger partial charge >= 0.3 is 0 Å². The fraction of sp³-hybridized carbons (Fsp3) is 0.333. The molecule has 30 heavy (non-hydrogen) atoms. The molecule has 6 heteroatoms. The summed E-state index contributed by atoms with van der Waals surface area (Å²) in [7, 11) is 3.13. The highest BCUT2D eigenvalue weighted by Gasteiger charge is 2.18. The van der Waals surface area contributed by atoms with E-state index in [4.69, 9.17) is 9.47 Å². The molecule has 0 aliphatic carbocycles. The van der Waals surface area contributed by atoms with E-state index in [1.165, 1.54) is 6.20 Å². The smallest absolute Gasteiger partial charge is 0.263 e. The maximum atomic E-state index is 12.6. The molecule has 0 aliphatic rings. The van der Waals surface area contributed by atoms with Gasteiger partial charge in [0.25, 0.3) is 5.91 Å². The summed E-state index contributed by atoms with van der Waals surface area (Å²) in [5.74, 6) is 0.729. The maximum absolute atomic E-state index is 12.6. The SMILES string of the molecule is COc1ccc(C(C)NC(=O)/C(C#N)=C\Nc2ccccc2C(C)(C)C)cc1OC. The van der Waals surface area contributed by atoms with E-state index in [0.717, 1.165) is 16.8 Å². The predicted molar refractivity (Wildman–Crippen MR) is 119 cm³/mol. The van der Waals surface area contributed by atoms with Crippen molar-refractivity contribution in [2.75, 3.05) is 19.5 Å². The first-order valence-corrected chi connectivity index (χ1v) is 9.70. The monoisotopic (exact) mass is 407 g/mol. The number of hydrogen-bond donors (Lipinski definition) is 2. The average Bonchev–Trinajstić information content (AvgIpc) is 2.73. The molecule has 6 nitrogen and oxygen atoms in total. The van der Waals surface area contributed by atoms with E-state index in [9.17, 15) is 10.1 Å². The Labute approximate surface area is 178 Å². The Morgan fingerprint density at radius 3 is 2.37 bits per heavy atom. The minimum atomic E-state index is -0.458. The lowest BCUT2D eigenvalue weighted by atomic mass is 9.86. The first-order chi connectivity index (χ1) is 14.2. The number of nitrogens with one attached hydrogen (secondary N) is 2. The number of anilines is 1. The molecule has 1 amide bonds. The fourth-order valence-electron chi connectivity index (χ4n) is 3.04. The van der Waals surface area contributed by atoms with Crippen molar-refractivity contribution in [1.29, 1.82) is 5.26 Å². The summed E-state index contributed by atoms with van der Waals surface area (Å²) < 4.78 is 10.6. The number of amides is 1. The minimum Gasteiger partial charge on any atom is -0.493 e. The van der Waals surface area contributed by atoms with Crippen LogP contribution in [0.25, 0.3) is 0 Å². The lowest BCUT2D eigenvalue weighted by Crippen LogP contribution is -2.28. The summed E-state index contributed by atoms with van der Waals surface area (Å²) in [4.78, 5) is 12.6. The van der Waals surface area contributed by atoms with Gasteiger partial charge in [-0.15, -0.1) is 0 Å². The molecule has 2 aromatic carbocycles. The van der Waals surface area contributed by atoms with Gasteiger partial charge in [-0.25, -0.2) is 0 Å². The van der Waals surface area contributed by atoms with E-state index in [1.54, 1.807) is 26.4 Å². The third-order valence-corrected chi connectivity index (χ3v) is 4.73. The lowest BCUT2D eigenvalue weighted by molar-refractivity contribution is -0.117.